The van der Waals surface area contributed by atoms with E-state index in [1.807, 2.05) is 0 Å². The number of alkyl halides is 3. The summed E-state index contributed by atoms with van der Waals surface area (Å²) >= 11 is 0.910. The second kappa shape index (κ2) is 8.60. The Morgan fingerprint density at radius 3 is 2.42 bits per heavy atom. The Bertz CT molecular complexity index is 1190. The summed E-state index contributed by atoms with van der Waals surface area (Å²) in [5.74, 6) is -1.29. The Balaban J connectivity index is 1.52. The second-order valence-electron chi connectivity index (χ2n) is 7.64. The summed E-state index contributed by atoms with van der Waals surface area (Å²) in [6.45, 7) is -1.01. The Labute approximate surface area is 188 Å². The third kappa shape index (κ3) is 5.06. The van der Waals surface area contributed by atoms with Crippen LogP contribution in [0.25, 0.3) is 10.2 Å². The zero-order valence-electron chi connectivity index (χ0n) is 16.9. The van der Waals surface area contributed by atoms with Crippen LogP contribution in [0.1, 0.15) is 18.4 Å². The van der Waals surface area contributed by atoms with Crippen LogP contribution in [-0.4, -0.2) is 34.7 Å². The minimum atomic E-state index is -5.04. The molecule has 1 aliphatic rings. The summed E-state index contributed by atoms with van der Waals surface area (Å²) in [6, 6.07) is 7.90. The van der Waals surface area contributed by atoms with Crippen LogP contribution in [0, 0.1) is 11.7 Å². The standard InChI is InChI=1S/C21H18F4N4O3S/c22-13-4-6-14(7-5-13)27-18(31)29-19-28-15-8-3-12(9-16(15)33-19)20(32,21(23,24)25)10-26-17(30)11-1-2-11/h3-9,11,32H,1-2,10H2,(H,26,30)(H2,27,28,29,31). The zero-order valence-corrected chi connectivity index (χ0v) is 17.7. The van der Waals surface area contributed by atoms with E-state index in [4.69, 9.17) is 0 Å². The molecule has 2 aromatic carbocycles. The molecule has 7 nitrogen and oxygen atoms in total. The highest BCUT2D eigenvalue weighted by atomic mass is 32.1. The quantitative estimate of drug-likeness (QED) is 0.392. The van der Waals surface area contributed by atoms with Gasteiger partial charge < -0.3 is 15.7 Å². The van der Waals surface area contributed by atoms with Gasteiger partial charge in [-0.25, -0.2) is 14.2 Å². The number of amides is 3. The van der Waals surface area contributed by atoms with Crippen LogP contribution in [-0.2, 0) is 10.4 Å². The Morgan fingerprint density at radius 1 is 1.09 bits per heavy atom. The topological polar surface area (TPSA) is 103 Å². The molecule has 174 valence electrons. The van der Waals surface area contributed by atoms with E-state index in [1.165, 1.54) is 30.3 Å². The van der Waals surface area contributed by atoms with Crippen molar-refractivity contribution in [3.63, 3.8) is 0 Å². The van der Waals surface area contributed by atoms with Gasteiger partial charge in [0.15, 0.2) is 5.13 Å². The normalized spacial score (nSPS) is 15.7. The van der Waals surface area contributed by atoms with Crippen LogP contribution in [0.2, 0.25) is 0 Å². The van der Waals surface area contributed by atoms with Crippen molar-refractivity contribution in [2.24, 2.45) is 5.92 Å². The number of benzene rings is 2. The molecule has 1 heterocycles. The van der Waals surface area contributed by atoms with Crippen LogP contribution in [0.15, 0.2) is 42.5 Å². The zero-order chi connectivity index (χ0) is 23.8. The SMILES string of the molecule is O=C(Nc1ccc(F)cc1)Nc1nc2ccc(C(O)(CNC(=O)C3CC3)C(F)(F)F)cc2s1. The number of aromatic nitrogens is 1. The van der Waals surface area contributed by atoms with Gasteiger partial charge in [-0.2, -0.15) is 13.2 Å². The number of carbonyl (C=O) groups excluding carboxylic acids is 2. The monoisotopic (exact) mass is 482 g/mol. The van der Waals surface area contributed by atoms with Crippen LogP contribution < -0.4 is 16.0 Å². The second-order valence-corrected chi connectivity index (χ2v) is 8.67. The summed E-state index contributed by atoms with van der Waals surface area (Å²) in [4.78, 5) is 28.1. The van der Waals surface area contributed by atoms with E-state index in [2.05, 4.69) is 20.9 Å². The molecule has 0 bridgehead atoms. The molecule has 0 spiro atoms. The van der Waals surface area contributed by atoms with Crippen LogP contribution in [0.5, 0.6) is 0 Å². The molecule has 4 rings (SSSR count). The lowest BCUT2D eigenvalue weighted by Gasteiger charge is -2.31. The largest absolute Gasteiger partial charge is 0.423 e. The first-order valence-electron chi connectivity index (χ1n) is 9.86. The number of nitrogens with zero attached hydrogens (tertiary/aromatic N) is 1. The summed E-state index contributed by atoms with van der Waals surface area (Å²) in [5.41, 5.74) is -3.10. The first kappa shape index (κ1) is 22.9. The number of rotatable bonds is 6. The molecule has 0 radical (unpaired) electrons. The van der Waals surface area contributed by atoms with Gasteiger partial charge in [0.25, 0.3) is 0 Å². The van der Waals surface area contributed by atoms with Gasteiger partial charge >= 0.3 is 12.2 Å². The van der Waals surface area contributed by atoms with Gasteiger partial charge in [0, 0.05) is 11.6 Å². The fourth-order valence-electron chi connectivity index (χ4n) is 3.10. The molecule has 0 aliphatic heterocycles. The number of fused-ring (bicyclic) bond motifs is 1. The van der Waals surface area contributed by atoms with Gasteiger partial charge in [0.05, 0.1) is 16.8 Å². The molecule has 1 atom stereocenters. The summed E-state index contributed by atoms with van der Waals surface area (Å²) in [6.07, 6.45) is -3.81. The van der Waals surface area contributed by atoms with E-state index in [-0.39, 0.29) is 11.0 Å². The maximum Gasteiger partial charge on any atom is 0.423 e. The number of nitrogens with one attached hydrogen (secondary N) is 3. The smallest absolute Gasteiger partial charge is 0.375 e. The van der Waals surface area contributed by atoms with Crippen molar-refractivity contribution in [3.8, 4) is 0 Å². The third-order valence-corrected chi connectivity index (χ3v) is 6.06. The molecule has 1 aromatic heterocycles. The average Bonchev–Trinajstić information content (AvgIpc) is 3.52. The Morgan fingerprint density at radius 2 is 1.79 bits per heavy atom. The molecular formula is C21H18F4N4O3S. The summed E-state index contributed by atoms with van der Waals surface area (Å²) in [5, 5.41) is 17.7. The van der Waals surface area contributed by atoms with E-state index in [0.29, 0.717) is 28.7 Å². The number of carbonyl (C=O) groups is 2. The lowest BCUT2D eigenvalue weighted by molar-refractivity contribution is -0.264. The minimum Gasteiger partial charge on any atom is -0.375 e. The molecule has 1 aliphatic carbocycles. The average molecular weight is 482 g/mol. The van der Waals surface area contributed by atoms with Gasteiger partial charge in [-0.05, 0) is 54.8 Å². The van der Waals surface area contributed by atoms with E-state index in [9.17, 15) is 32.3 Å². The highest BCUT2D eigenvalue weighted by Crippen LogP contribution is 2.41. The molecule has 3 amide bonds. The number of hydrogen-bond acceptors (Lipinski definition) is 5. The maximum absolute atomic E-state index is 13.8. The molecular weight excluding hydrogens is 464 g/mol. The van der Waals surface area contributed by atoms with Crippen molar-refractivity contribution in [1.29, 1.82) is 0 Å². The van der Waals surface area contributed by atoms with Crippen molar-refractivity contribution in [2.45, 2.75) is 24.6 Å². The van der Waals surface area contributed by atoms with E-state index < -0.39 is 41.6 Å². The molecule has 1 fully saturated rings. The van der Waals surface area contributed by atoms with Gasteiger partial charge in [-0.3, -0.25) is 10.1 Å². The number of aliphatic hydroxyl groups is 1. The highest BCUT2D eigenvalue weighted by Gasteiger charge is 2.55. The van der Waals surface area contributed by atoms with Crippen molar-refractivity contribution in [2.75, 3.05) is 17.2 Å². The van der Waals surface area contributed by atoms with E-state index in [1.54, 1.807) is 0 Å². The van der Waals surface area contributed by atoms with Crippen LogP contribution in [0.4, 0.5) is 33.2 Å². The van der Waals surface area contributed by atoms with Crippen molar-refractivity contribution in [1.82, 2.24) is 10.3 Å². The molecule has 3 aromatic rings. The maximum atomic E-state index is 13.8. The van der Waals surface area contributed by atoms with Gasteiger partial charge in [0.2, 0.25) is 11.5 Å². The molecule has 0 saturated heterocycles. The minimum absolute atomic E-state index is 0.111. The van der Waals surface area contributed by atoms with E-state index >= 15 is 0 Å². The van der Waals surface area contributed by atoms with Crippen molar-refractivity contribution < 1.29 is 32.3 Å². The summed E-state index contributed by atoms with van der Waals surface area (Å²) < 4.78 is 54.5. The summed E-state index contributed by atoms with van der Waals surface area (Å²) in [7, 11) is 0. The fourth-order valence-corrected chi connectivity index (χ4v) is 4.00. The number of halogens is 4. The number of urea groups is 1. The molecule has 12 heteroatoms. The predicted octanol–water partition coefficient (Wildman–Crippen LogP) is 4.36. The van der Waals surface area contributed by atoms with Crippen LogP contribution in [0.3, 0.4) is 0 Å². The predicted molar refractivity (Wildman–Crippen MR) is 114 cm³/mol. The lowest BCUT2D eigenvalue weighted by atomic mass is 9.92. The first-order chi connectivity index (χ1) is 15.5. The van der Waals surface area contributed by atoms with Crippen LogP contribution >= 0.6 is 11.3 Å². The molecule has 33 heavy (non-hydrogen) atoms. The lowest BCUT2D eigenvalue weighted by Crippen LogP contribution is -2.51. The molecule has 1 unspecified atom stereocenters. The van der Waals surface area contributed by atoms with Gasteiger partial charge in [0.1, 0.15) is 5.82 Å². The third-order valence-electron chi connectivity index (χ3n) is 5.12. The molecule has 4 N–H and O–H groups in total. The van der Waals surface area contributed by atoms with Crippen molar-refractivity contribution in [3.05, 3.63) is 53.8 Å². The number of anilines is 2. The number of thiazole rings is 1. The van der Waals surface area contributed by atoms with Gasteiger partial charge in [-0.1, -0.05) is 17.4 Å². The highest BCUT2D eigenvalue weighted by molar-refractivity contribution is 7.22. The van der Waals surface area contributed by atoms with E-state index in [0.717, 1.165) is 23.5 Å². The van der Waals surface area contributed by atoms with Gasteiger partial charge in [-0.15, -0.1) is 0 Å². The van der Waals surface area contributed by atoms with Crippen molar-refractivity contribution >= 4 is 44.3 Å². The fraction of sp³-hybridized carbons (Fsp3) is 0.286. The Kier molecular flexibility index (Phi) is 5.97. The molecule has 1 saturated carbocycles. The Hall–Kier alpha value is -3.25. The first-order valence-corrected chi connectivity index (χ1v) is 10.7. The number of hydrogen-bond donors (Lipinski definition) is 4.